The van der Waals surface area contributed by atoms with E-state index in [2.05, 4.69) is 21.2 Å². The van der Waals surface area contributed by atoms with E-state index in [0.29, 0.717) is 5.75 Å². The third-order valence-corrected chi connectivity index (χ3v) is 2.98. The molecule has 0 fully saturated rings. The Morgan fingerprint density at radius 1 is 1.38 bits per heavy atom. The Hall–Kier alpha value is -1.60. The first-order valence-corrected chi connectivity index (χ1v) is 7.13. The molecule has 21 heavy (non-hydrogen) atoms. The number of halogens is 1. The maximum atomic E-state index is 12.2. The Bertz CT molecular complexity index is 518. The van der Waals surface area contributed by atoms with Crippen molar-refractivity contribution in [1.29, 1.82) is 0 Å². The number of rotatable bonds is 7. The van der Waals surface area contributed by atoms with Gasteiger partial charge in [-0.25, -0.2) is 4.79 Å². The highest BCUT2D eigenvalue weighted by atomic mass is 79.9. The lowest BCUT2D eigenvalue weighted by Crippen LogP contribution is -2.43. The summed E-state index contributed by atoms with van der Waals surface area (Å²) in [5.74, 6) is -1.30. The van der Waals surface area contributed by atoms with Crippen LogP contribution in [-0.2, 0) is 9.53 Å². The summed E-state index contributed by atoms with van der Waals surface area (Å²) in [6.07, 6.45) is -0.111. The highest BCUT2D eigenvalue weighted by molar-refractivity contribution is 9.10. The molecule has 0 bridgehead atoms. The Morgan fingerprint density at radius 2 is 2.05 bits per heavy atom. The van der Waals surface area contributed by atoms with Crippen LogP contribution in [0.2, 0.25) is 0 Å². The molecule has 1 atom stereocenters. The van der Waals surface area contributed by atoms with Gasteiger partial charge in [-0.15, -0.1) is 0 Å². The van der Waals surface area contributed by atoms with E-state index in [4.69, 9.17) is 14.6 Å². The second-order valence-corrected chi connectivity index (χ2v) is 5.54. The molecule has 0 aromatic heterocycles. The minimum atomic E-state index is -1.16. The van der Waals surface area contributed by atoms with E-state index in [0.717, 1.165) is 4.47 Å². The molecule has 6 nitrogen and oxygen atoms in total. The average Bonchev–Trinajstić information content (AvgIpc) is 2.37. The van der Waals surface area contributed by atoms with Gasteiger partial charge in [-0.2, -0.15) is 0 Å². The van der Waals surface area contributed by atoms with Crippen LogP contribution in [0.5, 0.6) is 5.75 Å². The molecule has 0 radical (unpaired) electrons. The average molecular weight is 360 g/mol. The number of hydrogen-bond donors (Lipinski definition) is 2. The molecule has 1 rings (SSSR count). The number of nitrogens with one attached hydrogen (secondary N) is 1. The molecule has 0 aliphatic heterocycles. The summed E-state index contributed by atoms with van der Waals surface area (Å²) in [6.45, 7) is 3.57. The van der Waals surface area contributed by atoms with Crippen molar-refractivity contribution in [2.45, 2.75) is 26.0 Å². The van der Waals surface area contributed by atoms with Crippen LogP contribution in [0.15, 0.2) is 22.7 Å². The molecule has 1 aromatic carbocycles. The lowest BCUT2D eigenvalue weighted by molar-refractivity contribution is -0.140. The zero-order valence-corrected chi connectivity index (χ0v) is 13.6. The molecule has 0 saturated carbocycles. The molecule has 2 N–H and O–H groups in total. The molecule has 0 aliphatic rings. The summed E-state index contributed by atoms with van der Waals surface area (Å²) >= 11 is 3.31. The number of carboxylic acids is 1. The highest BCUT2D eigenvalue weighted by Gasteiger charge is 2.22. The van der Waals surface area contributed by atoms with E-state index in [1.54, 1.807) is 18.2 Å². The van der Waals surface area contributed by atoms with Crippen molar-refractivity contribution in [1.82, 2.24) is 5.32 Å². The second kappa shape index (κ2) is 7.99. The van der Waals surface area contributed by atoms with Gasteiger partial charge in [0, 0.05) is 11.6 Å². The Morgan fingerprint density at radius 3 is 2.57 bits per heavy atom. The van der Waals surface area contributed by atoms with E-state index < -0.39 is 17.9 Å². The van der Waals surface area contributed by atoms with Gasteiger partial charge < -0.3 is 19.9 Å². The van der Waals surface area contributed by atoms with Gasteiger partial charge >= 0.3 is 5.97 Å². The van der Waals surface area contributed by atoms with Gasteiger partial charge in [0.2, 0.25) is 0 Å². The minimum absolute atomic E-state index is 0.111. The smallest absolute Gasteiger partial charge is 0.328 e. The van der Waals surface area contributed by atoms with Crippen LogP contribution < -0.4 is 10.1 Å². The van der Waals surface area contributed by atoms with Crippen LogP contribution in [0.25, 0.3) is 0 Å². The summed E-state index contributed by atoms with van der Waals surface area (Å²) < 4.78 is 11.1. The van der Waals surface area contributed by atoms with Crippen molar-refractivity contribution in [2.75, 3.05) is 13.7 Å². The van der Waals surface area contributed by atoms with Crippen molar-refractivity contribution in [3.8, 4) is 5.75 Å². The lowest BCUT2D eigenvalue weighted by atomic mass is 10.1. The number of carbonyl (C=O) groups excluding carboxylic acids is 1. The van der Waals surface area contributed by atoms with E-state index in [1.165, 1.54) is 7.11 Å². The van der Waals surface area contributed by atoms with Crippen molar-refractivity contribution >= 4 is 27.8 Å². The van der Waals surface area contributed by atoms with Gasteiger partial charge in [-0.1, -0.05) is 15.9 Å². The van der Waals surface area contributed by atoms with Crippen LogP contribution in [0.3, 0.4) is 0 Å². The number of methoxy groups -OCH3 is 1. The van der Waals surface area contributed by atoms with Crippen LogP contribution >= 0.6 is 15.9 Å². The van der Waals surface area contributed by atoms with Crippen molar-refractivity contribution < 1.29 is 24.2 Å². The third-order valence-electron chi connectivity index (χ3n) is 2.49. The van der Waals surface area contributed by atoms with E-state index in [-0.39, 0.29) is 18.3 Å². The van der Waals surface area contributed by atoms with Gasteiger partial charge in [-0.3, -0.25) is 4.79 Å². The molecule has 7 heteroatoms. The third kappa shape index (κ3) is 5.35. The van der Waals surface area contributed by atoms with Crippen LogP contribution in [0.1, 0.15) is 24.2 Å². The molecular formula is C14H18BrNO5. The fourth-order valence-electron chi connectivity index (χ4n) is 1.61. The van der Waals surface area contributed by atoms with Gasteiger partial charge in [-0.05, 0) is 32.0 Å². The maximum Gasteiger partial charge on any atom is 0.328 e. The molecule has 116 valence electrons. The number of carboxylic acid groups (broad SMARTS) is 1. The summed E-state index contributed by atoms with van der Waals surface area (Å²) in [6, 6.07) is 3.82. The first kappa shape index (κ1) is 17.5. The fraction of sp³-hybridized carbons (Fsp3) is 0.429. The molecule has 0 spiro atoms. The van der Waals surface area contributed by atoms with Crippen molar-refractivity contribution in [3.63, 3.8) is 0 Å². The summed E-state index contributed by atoms with van der Waals surface area (Å²) in [5, 5.41) is 11.4. The standard InChI is InChI=1S/C14H18BrNO5/c1-8(2)21-12-6-9(15)4-5-10(12)13(17)16-11(7-20-3)14(18)19/h4-6,8,11H,7H2,1-3H3,(H,16,17)(H,18,19). The number of ether oxygens (including phenoxy) is 2. The van der Waals surface area contributed by atoms with Crippen molar-refractivity contribution in [2.24, 2.45) is 0 Å². The first-order chi connectivity index (χ1) is 9.85. The second-order valence-electron chi connectivity index (χ2n) is 4.63. The molecule has 1 amide bonds. The molecular weight excluding hydrogens is 342 g/mol. The maximum absolute atomic E-state index is 12.2. The number of aliphatic carboxylic acids is 1. The summed E-state index contributed by atoms with van der Waals surface area (Å²) in [5.41, 5.74) is 0.272. The number of benzene rings is 1. The number of amides is 1. The molecule has 1 unspecified atom stereocenters. The topological polar surface area (TPSA) is 84.9 Å². The quantitative estimate of drug-likeness (QED) is 0.778. The predicted octanol–water partition coefficient (Wildman–Crippen LogP) is 2.07. The lowest BCUT2D eigenvalue weighted by Gasteiger charge is -2.17. The number of hydrogen-bond acceptors (Lipinski definition) is 4. The highest BCUT2D eigenvalue weighted by Crippen LogP contribution is 2.25. The van der Waals surface area contributed by atoms with Gasteiger partial charge in [0.05, 0.1) is 18.3 Å². The zero-order valence-electron chi connectivity index (χ0n) is 12.1. The monoisotopic (exact) mass is 359 g/mol. The van der Waals surface area contributed by atoms with E-state index >= 15 is 0 Å². The zero-order chi connectivity index (χ0) is 16.0. The SMILES string of the molecule is COCC(NC(=O)c1ccc(Br)cc1OC(C)C)C(=O)O. The Kier molecular flexibility index (Phi) is 6.64. The van der Waals surface area contributed by atoms with Gasteiger partial charge in [0.15, 0.2) is 6.04 Å². The molecule has 0 aliphatic carbocycles. The normalized spacial score (nSPS) is 12.0. The molecule has 1 aromatic rings. The van der Waals surface area contributed by atoms with Gasteiger partial charge in [0.25, 0.3) is 5.91 Å². The Labute approximate surface area is 131 Å². The molecule has 0 saturated heterocycles. The largest absolute Gasteiger partial charge is 0.490 e. The van der Waals surface area contributed by atoms with Gasteiger partial charge in [0.1, 0.15) is 5.75 Å². The van der Waals surface area contributed by atoms with E-state index in [1.807, 2.05) is 13.8 Å². The predicted molar refractivity (Wildman–Crippen MR) is 80.7 cm³/mol. The van der Waals surface area contributed by atoms with E-state index in [9.17, 15) is 9.59 Å². The van der Waals surface area contributed by atoms with Crippen LogP contribution in [0, 0.1) is 0 Å². The van der Waals surface area contributed by atoms with Crippen LogP contribution in [0.4, 0.5) is 0 Å². The minimum Gasteiger partial charge on any atom is -0.490 e. The van der Waals surface area contributed by atoms with Crippen molar-refractivity contribution in [3.05, 3.63) is 28.2 Å². The molecule has 0 heterocycles. The Balaban J connectivity index is 2.97. The van der Waals surface area contributed by atoms with Crippen LogP contribution in [-0.4, -0.2) is 42.8 Å². The summed E-state index contributed by atoms with van der Waals surface area (Å²) in [7, 11) is 1.37. The summed E-state index contributed by atoms with van der Waals surface area (Å²) in [4.78, 5) is 23.3. The first-order valence-electron chi connectivity index (χ1n) is 6.34. The number of carbonyl (C=O) groups is 2. The fourth-order valence-corrected chi connectivity index (χ4v) is 1.95.